The van der Waals surface area contributed by atoms with Gasteiger partial charge in [0.25, 0.3) is 0 Å². The van der Waals surface area contributed by atoms with Crippen molar-refractivity contribution in [3.8, 4) is 0 Å². The first-order valence-electron chi connectivity index (χ1n) is 5.12. The van der Waals surface area contributed by atoms with E-state index in [2.05, 4.69) is 0 Å². The molecule has 1 saturated heterocycles. The number of halogens is 2. The summed E-state index contributed by atoms with van der Waals surface area (Å²) in [5.74, 6) is -0.564. The van der Waals surface area contributed by atoms with E-state index in [9.17, 15) is 4.79 Å². The number of nitrogen functional groups attached to an aromatic ring is 1. The number of esters is 1. The van der Waals surface area contributed by atoms with E-state index >= 15 is 0 Å². The van der Waals surface area contributed by atoms with Crippen LogP contribution >= 0.6 is 23.2 Å². The number of rotatable bonds is 2. The summed E-state index contributed by atoms with van der Waals surface area (Å²) in [6.07, 6.45) is 0.445. The first-order chi connectivity index (χ1) is 8.09. The lowest BCUT2D eigenvalue weighted by Crippen LogP contribution is -2.19. The molecule has 6 heteroatoms. The maximum atomic E-state index is 11.9. The summed E-state index contributed by atoms with van der Waals surface area (Å²) in [5.41, 5.74) is 5.97. The van der Waals surface area contributed by atoms with Crippen molar-refractivity contribution in [1.82, 2.24) is 0 Å². The Morgan fingerprint density at radius 2 is 2.12 bits per heavy atom. The van der Waals surface area contributed by atoms with Gasteiger partial charge in [0.15, 0.2) is 0 Å². The van der Waals surface area contributed by atoms with E-state index in [4.69, 9.17) is 38.4 Å². The van der Waals surface area contributed by atoms with Gasteiger partial charge in [-0.15, -0.1) is 0 Å². The fourth-order valence-corrected chi connectivity index (χ4v) is 1.99. The molecule has 1 aromatic carbocycles. The van der Waals surface area contributed by atoms with E-state index in [0.717, 1.165) is 0 Å². The highest BCUT2D eigenvalue weighted by atomic mass is 35.5. The quantitative estimate of drug-likeness (QED) is 0.666. The smallest absolute Gasteiger partial charge is 0.342 e. The molecule has 92 valence electrons. The van der Waals surface area contributed by atoms with Crippen LogP contribution in [0, 0.1) is 0 Å². The number of nitrogens with two attached hydrogens (primary N) is 1. The Morgan fingerprint density at radius 3 is 2.76 bits per heavy atom. The molecule has 2 rings (SSSR count). The molecule has 0 saturated carbocycles. The minimum Gasteiger partial charge on any atom is -0.456 e. The highest BCUT2D eigenvalue weighted by molar-refractivity contribution is 6.38. The molecule has 1 heterocycles. The molecule has 1 fully saturated rings. The van der Waals surface area contributed by atoms with E-state index in [0.29, 0.717) is 19.6 Å². The summed E-state index contributed by atoms with van der Waals surface area (Å²) in [5, 5.41) is 0.514. The van der Waals surface area contributed by atoms with Gasteiger partial charge in [-0.05, 0) is 12.1 Å². The Bertz CT molecular complexity index is 445. The first kappa shape index (κ1) is 12.5. The van der Waals surface area contributed by atoms with Crippen LogP contribution in [0.4, 0.5) is 5.69 Å². The molecule has 0 amide bonds. The van der Waals surface area contributed by atoms with Crippen LogP contribution < -0.4 is 5.73 Å². The van der Waals surface area contributed by atoms with Crippen molar-refractivity contribution < 1.29 is 14.3 Å². The van der Waals surface area contributed by atoms with Gasteiger partial charge in [-0.1, -0.05) is 23.2 Å². The molecular formula is C11H11Cl2NO3. The summed E-state index contributed by atoms with van der Waals surface area (Å²) < 4.78 is 10.3. The summed E-state index contributed by atoms with van der Waals surface area (Å²) in [6, 6.07) is 3.05. The van der Waals surface area contributed by atoms with Gasteiger partial charge < -0.3 is 15.2 Å². The number of ether oxygens (including phenoxy) is 2. The minimum atomic E-state index is -0.564. The predicted molar refractivity (Wildman–Crippen MR) is 65.5 cm³/mol. The van der Waals surface area contributed by atoms with Crippen LogP contribution in [0.25, 0.3) is 0 Å². The first-order valence-corrected chi connectivity index (χ1v) is 5.87. The molecule has 0 spiro atoms. The average molecular weight is 276 g/mol. The van der Waals surface area contributed by atoms with Gasteiger partial charge >= 0.3 is 5.97 Å². The lowest BCUT2D eigenvalue weighted by Gasteiger charge is -2.13. The second kappa shape index (κ2) is 5.12. The van der Waals surface area contributed by atoms with Crippen molar-refractivity contribution in [2.24, 2.45) is 0 Å². The van der Waals surface area contributed by atoms with Crippen LogP contribution in [-0.4, -0.2) is 25.3 Å². The summed E-state index contributed by atoms with van der Waals surface area (Å²) in [4.78, 5) is 11.9. The lowest BCUT2D eigenvalue weighted by atomic mass is 10.2. The Hall–Kier alpha value is -0.970. The fourth-order valence-electron chi connectivity index (χ4n) is 1.59. The van der Waals surface area contributed by atoms with Crippen molar-refractivity contribution in [2.45, 2.75) is 12.5 Å². The standard InChI is InChI=1S/C11H11Cl2NO3/c12-7-1-2-8(13)10(14)9(7)11(15)17-6-3-4-16-5-6/h1-2,6H,3-5,14H2. The molecule has 4 nitrogen and oxygen atoms in total. The molecule has 1 aliphatic rings. The summed E-state index contributed by atoms with van der Waals surface area (Å²) in [7, 11) is 0. The van der Waals surface area contributed by atoms with E-state index in [1.165, 1.54) is 12.1 Å². The van der Waals surface area contributed by atoms with Crippen LogP contribution in [0.5, 0.6) is 0 Å². The average Bonchev–Trinajstić information content (AvgIpc) is 2.77. The van der Waals surface area contributed by atoms with Crippen LogP contribution in [0.3, 0.4) is 0 Å². The normalized spacial score (nSPS) is 19.3. The summed E-state index contributed by atoms with van der Waals surface area (Å²) in [6.45, 7) is 1.00. The number of hydrogen-bond acceptors (Lipinski definition) is 4. The van der Waals surface area contributed by atoms with Gasteiger partial charge in [0.05, 0.1) is 28.9 Å². The molecule has 0 radical (unpaired) electrons. The second-order valence-electron chi connectivity index (χ2n) is 3.71. The monoisotopic (exact) mass is 275 g/mol. The number of anilines is 1. The minimum absolute atomic E-state index is 0.117. The van der Waals surface area contributed by atoms with Crippen LogP contribution in [0.15, 0.2) is 12.1 Å². The van der Waals surface area contributed by atoms with Crippen molar-refractivity contribution in [1.29, 1.82) is 0 Å². The maximum absolute atomic E-state index is 11.9. The van der Waals surface area contributed by atoms with Gasteiger partial charge in [0.1, 0.15) is 11.7 Å². The largest absolute Gasteiger partial charge is 0.456 e. The third-order valence-corrected chi connectivity index (χ3v) is 3.15. The topological polar surface area (TPSA) is 61.6 Å². The molecule has 0 bridgehead atoms. The second-order valence-corrected chi connectivity index (χ2v) is 4.52. The molecule has 1 aliphatic heterocycles. The number of carbonyl (C=O) groups is 1. The van der Waals surface area contributed by atoms with Gasteiger partial charge in [0.2, 0.25) is 0 Å². The van der Waals surface area contributed by atoms with Crippen LogP contribution in [-0.2, 0) is 9.47 Å². The van der Waals surface area contributed by atoms with Crippen molar-refractivity contribution >= 4 is 34.9 Å². The Morgan fingerprint density at radius 1 is 1.41 bits per heavy atom. The maximum Gasteiger partial charge on any atom is 0.342 e. The van der Waals surface area contributed by atoms with E-state index in [1.807, 2.05) is 0 Å². The third-order valence-electron chi connectivity index (χ3n) is 2.51. The Balaban J connectivity index is 2.21. The van der Waals surface area contributed by atoms with E-state index < -0.39 is 5.97 Å². The molecule has 0 aromatic heterocycles. The number of hydrogen-bond donors (Lipinski definition) is 1. The third kappa shape index (κ3) is 2.65. The van der Waals surface area contributed by atoms with Crippen molar-refractivity contribution in [2.75, 3.05) is 18.9 Å². The Labute approximate surface area is 109 Å². The lowest BCUT2D eigenvalue weighted by molar-refractivity contribution is 0.0272. The van der Waals surface area contributed by atoms with Crippen molar-refractivity contribution in [3.05, 3.63) is 27.7 Å². The van der Waals surface area contributed by atoms with Crippen molar-refractivity contribution in [3.63, 3.8) is 0 Å². The van der Waals surface area contributed by atoms with Crippen LogP contribution in [0.2, 0.25) is 10.0 Å². The number of benzene rings is 1. The van der Waals surface area contributed by atoms with Gasteiger partial charge in [-0.2, -0.15) is 0 Å². The molecule has 1 unspecified atom stereocenters. The van der Waals surface area contributed by atoms with Gasteiger partial charge in [0, 0.05) is 6.42 Å². The van der Waals surface area contributed by atoms with E-state index in [-0.39, 0.29) is 27.4 Å². The predicted octanol–water partition coefficient (Wildman–Crippen LogP) is 2.52. The number of carbonyl (C=O) groups excluding carboxylic acids is 1. The van der Waals surface area contributed by atoms with Gasteiger partial charge in [-0.25, -0.2) is 4.79 Å². The SMILES string of the molecule is Nc1c(Cl)ccc(Cl)c1C(=O)OC1CCOC1. The zero-order valence-electron chi connectivity index (χ0n) is 8.91. The highest BCUT2D eigenvalue weighted by Gasteiger charge is 2.24. The van der Waals surface area contributed by atoms with Crippen LogP contribution in [0.1, 0.15) is 16.8 Å². The molecule has 2 N–H and O–H groups in total. The molecular weight excluding hydrogens is 265 g/mol. The van der Waals surface area contributed by atoms with E-state index in [1.54, 1.807) is 0 Å². The van der Waals surface area contributed by atoms with Gasteiger partial charge in [-0.3, -0.25) is 0 Å². The zero-order chi connectivity index (χ0) is 12.4. The highest BCUT2D eigenvalue weighted by Crippen LogP contribution is 2.30. The molecule has 0 aliphatic carbocycles. The summed E-state index contributed by atoms with van der Waals surface area (Å²) >= 11 is 11.7. The molecule has 1 aromatic rings. The fraction of sp³-hybridized carbons (Fsp3) is 0.364. The molecule has 1 atom stereocenters. The Kier molecular flexibility index (Phi) is 3.76. The zero-order valence-corrected chi connectivity index (χ0v) is 10.4. The molecule has 17 heavy (non-hydrogen) atoms.